The van der Waals surface area contributed by atoms with Gasteiger partial charge in [0, 0.05) is 25.3 Å². The van der Waals surface area contributed by atoms with Crippen molar-refractivity contribution in [2.45, 2.75) is 64.0 Å². The third-order valence-corrected chi connectivity index (χ3v) is 5.45. The molecule has 0 spiro atoms. The number of likely N-dealkylation sites (tertiary alicyclic amines) is 1. The van der Waals surface area contributed by atoms with Crippen LogP contribution in [0.5, 0.6) is 0 Å². The summed E-state index contributed by atoms with van der Waals surface area (Å²) in [6.07, 6.45) is 9.14. The smallest absolute Gasteiger partial charge is 0.254 e. The SMILES string of the molecule is Cc1c(C(=O)NCCCN2CCC(O)CC2)cnn1C1CCCC1. The van der Waals surface area contributed by atoms with E-state index in [9.17, 15) is 9.90 Å². The Morgan fingerprint density at radius 2 is 2.00 bits per heavy atom. The molecule has 2 N–H and O–H groups in total. The zero-order valence-corrected chi connectivity index (χ0v) is 14.7. The van der Waals surface area contributed by atoms with E-state index in [1.54, 1.807) is 6.20 Å². The van der Waals surface area contributed by atoms with Crippen LogP contribution in [-0.4, -0.2) is 58.0 Å². The average Bonchev–Trinajstić information content (AvgIpc) is 3.22. The zero-order chi connectivity index (χ0) is 16.9. The number of rotatable bonds is 6. The lowest BCUT2D eigenvalue weighted by Crippen LogP contribution is -2.37. The van der Waals surface area contributed by atoms with Crippen LogP contribution in [-0.2, 0) is 0 Å². The number of hydrogen-bond acceptors (Lipinski definition) is 4. The summed E-state index contributed by atoms with van der Waals surface area (Å²) in [6.45, 7) is 5.59. The van der Waals surface area contributed by atoms with E-state index in [4.69, 9.17) is 0 Å². The molecule has 1 aliphatic carbocycles. The summed E-state index contributed by atoms with van der Waals surface area (Å²) < 4.78 is 2.04. The molecule has 0 radical (unpaired) electrons. The number of piperidine rings is 1. The molecular weight excluding hydrogens is 304 g/mol. The Balaban J connectivity index is 1.42. The van der Waals surface area contributed by atoms with Crippen LogP contribution in [0.2, 0.25) is 0 Å². The molecule has 1 aromatic rings. The van der Waals surface area contributed by atoms with E-state index in [1.807, 2.05) is 11.6 Å². The first-order valence-corrected chi connectivity index (χ1v) is 9.38. The Morgan fingerprint density at radius 1 is 1.29 bits per heavy atom. The van der Waals surface area contributed by atoms with Crippen molar-refractivity contribution >= 4 is 5.91 Å². The van der Waals surface area contributed by atoms with Crippen molar-refractivity contribution in [3.63, 3.8) is 0 Å². The van der Waals surface area contributed by atoms with Gasteiger partial charge < -0.3 is 15.3 Å². The Hall–Kier alpha value is -1.40. The number of nitrogens with one attached hydrogen (secondary N) is 1. The van der Waals surface area contributed by atoms with Crippen LogP contribution >= 0.6 is 0 Å². The number of aliphatic hydroxyl groups excluding tert-OH is 1. The molecule has 6 nitrogen and oxygen atoms in total. The third-order valence-electron chi connectivity index (χ3n) is 5.45. The van der Waals surface area contributed by atoms with Gasteiger partial charge in [0.1, 0.15) is 0 Å². The van der Waals surface area contributed by atoms with E-state index in [0.29, 0.717) is 18.2 Å². The largest absolute Gasteiger partial charge is 0.393 e. The number of nitrogens with zero attached hydrogens (tertiary/aromatic N) is 3. The maximum atomic E-state index is 12.4. The molecule has 0 atom stereocenters. The molecule has 1 saturated carbocycles. The monoisotopic (exact) mass is 334 g/mol. The van der Waals surface area contributed by atoms with Crippen LogP contribution in [0.1, 0.15) is 67.0 Å². The van der Waals surface area contributed by atoms with Crippen molar-refractivity contribution in [2.75, 3.05) is 26.2 Å². The number of aromatic nitrogens is 2. The molecule has 0 bridgehead atoms. The van der Waals surface area contributed by atoms with Gasteiger partial charge >= 0.3 is 0 Å². The van der Waals surface area contributed by atoms with Gasteiger partial charge in [0.2, 0.25) is 0 Å². The molecule has 0 aromatic carbocycles. The van der Waals surface area contributed by atoms with E-state index < -0.39 is 0 Å². The van der Waals surface area contributed by atoms with E-state index in [-0.39, 0.29) is 12.0 Å². The number of aliphatic hydroxyl groups is 1. The lowest BCUT2D eigenvalue weighted by molar-refractivity contribution is 0.0816. The second-order valence-electron chi connectivity index (χ2n) is 7.21. The molecule has 1 aromatic heterocycles. The molecule has 134 valence electrons. The minimum absolute atomic E-state index is 0.00851. The Morgan fingerprint density at radius 3 is 2.71 bits per heavy atom. The fourth-order valence-electron chi connectivity index (χ4n) is 3.91. The predicted octanol–water partition coefficient (Wildman–Crippen LogP) is 1.88. The highest BCUT2D eigenvalue weighted by Gasteiger charge is 2.22. The van der Waals surface area contributed by atoms with Crippen molar-refractivity contribution in [1.29, 1.82) is 0 Å². The Bertz CT molecular complexity index is 543. The van der Waals surface area contributed by atoms with Gasteiger partial charge in [0.15, 0.2) is 0 Å². The van der Waals surface area contributed by atoms with Crippen LogP contribution in [0.15, 0.2) is 6.20 Å². The molecule has 1 saturated heterocycles. The highest BCUT2D eigenvalue weighted by molar-refractivity contribution is 5.95. The van der Waals surface area contributed by atoms with Gasteiger partial charge in [-0.2, -0.15) is 5.10 Å². The summed E-state index contributed by atoms with van der Waals surface area (Å²) >= 11 is 0. The van der Waals surface area contributed by atoms with E-state index in [1.165, 1.54) is 25.7 Å². The summed E-state index contributed by atoms with van der Waals surface area (Å²) in [7, 11) is 0. The maximum Gasteiger partial charge on any atom is 0.254 e. The molecule has 1 aliphatic heterocycles. The summed E-state index contributed by atoms with van der Waals surface area (Å²) in [5.41, 5.74) is 1.70. The lowest BCUT2D eigenvalue weighted by atomic mass is 10.1. The predicted molar refractivity (Wildman–Crippen MR) is 93.1 cm³/mol. The zero-order valence-electron chi connectivity index (χ0n) is 14.7. The van der Waals surface area contributed by atoms with Crippen LogP contribution in [0, 0.1) is 6.92 Å². The summed E-state index contributed by atoms with van der Waals surface area (Å²) in [5.74, 6) is -0.00851. The number of carbonyl (C=O) groups is 1. The Labute approximate surface area is 144 Å². The van der Waals surface area contributed by atoms with Gasteiger partial charge in [0.25, 0.3) is 5.91 Å². The van der Waals surface area contributed by atoms with Crippen LogP contribution in [0.3, 0.4) is 0 Å². The summed E-state index contributed by atoms with van der Waals surface area (Å²) in [4.78, 5) is 14.7. The van der Waals surface area contributed by atoms with Crippen LogP contribution < -0.4 is 5.32 Å². The van der Waals surface area contributed by atoms with E-state index in [0.717, 1.165) is 44.6 Å². The first kappa shape index (κ1) is 17.4. The topological polar surface area (TPSA) is 70.4 Å². The first-order chi connectivity index (χ1) is 11.6. The molecule has 2 aliphatic rings. The van der Waals surface area contributed by atoms with Crippen LogP contribution in [0.4, 0.5) is 0 Å². The second-order valence-corrected chi connectivity index (χ2v) is 7.21. The van der Waals surface area contributed by atoms with Gasteiger partial charge in [-0.3, -0.25) is 9.48 Å². The standard InChI is InChI=1S/C18H30N4O2/c1-14-17(13-20-22(14)15-5-2-3-6-15)18(24)19-9-4-10-21-11-7-16(23)8-12-21/h13,15-16,23H,2-12H2,1H3,(H,19,24). The van der Waals surface area contributed by atoms with Crippen molar-refractivity contribution in [3.8, 4) is 0 Å². The Kier molecular flexibility index (Phi) is 5.89. The molecule has 2 fully saturated rings. The van der Waals surface area contributed by atoms with Crippen LogP contribution in [0.25, 0.3) is 0 Å². The molecule has 6 heteroatoms. The normalized spacial score (nSPS) is 20.6. The average molecular weight is 334 g/mol. The fourth-order valence-corrected chi connectivity index (χ4v) is 3.91. The summed E-state index contributed by atoms with van der Waals surface area (Å²) in [5, 5.41) is 17.0. The third kappa shape index (κ3) is 4.16. The highest BCUT2D eigenvalue weighted by Crippen LogP contribution is 2.30. The molecule has 0 unspecified atom stereocenters. The van der Waals surface area contributed by atoms with Gasteiger partial charge in [0.05, 0.1) is 23.9 Å². The molecule has 3 rings (SSSR count). The minimum Gasteiger partial charge on any atom is -0.393 e. The highest BCUT2D eigenvalue weighted by atomic mass is 16.3. The molecule has 2 heterocycles. The minimum atomic E-state index is -0.125. The van der Waals surface area contributed by atoms with Crippen molar-refractivity contribution < 1.29 is 9.90 Å². The summed E-state index contributed by atoms with van der Waals surface area (Å²) in [6, 6.07) is 0.473. The molecule has 1 amide bonds. The fraction of sp³-hybridized carbons (Fsp3) is 0.778. The van der Waals surface area contributed by atoms with Crippen molar-refractivity contribution in [3.05, 3.63) is 17.5 Å². The van der Waals surface area contributed by atoms with Gasteiger partial charge in [-0.1, -0.05) is 12.8 Å². The molecular formula is C18H30N4O2. The maximum absolute atomic E-state index is 12.4. The first-order valence-electron chi connectivity index (χ1n) is 9.38. The second kappa shape index (κ2) is 8.12. The van der Waals surface area contributed by atoms with E-state index in [2.05, 4.69) is 15.3 Å². The number of carbonyl (C=O) groups excluding carboxylic acids is 1. The number of hydrogen-bond donors (Lipinski definition) is 2. The quantitative estimate of drug-likeness (QED) is 0.780. The van der Waals surface area contributed by atoms with Gasteiger partial charge in [-0.15, -0.1) is 0 Å². The van der Waals surface area contributed by atoms with Gasteiger partial charge in [-0.25, -0.2) is 0 Å². The van der Waals surface area contributed by atoms with Gasteiger partial charge in [-0.05, 0) is 45.6 Å². The molecule has 24 heavy (non-hydrogen) atoms. The van der Waals surface area contributed by atoms with Crippen molar-refractivity contribution in [1.82, 2.24) is 20.0 Å². The van der Waals surface area contributed by atoms with Crippen molar-refractivity contribution in [2.24, 2.45) is 0 Å². The van der Waals surface area contributed by atoms with E-state index >= 15 is 0 Å². The number of amides is 1. The lowest BCUT2D eigenvalue weighted by Gasteiger charge is -2.29.